The molecule has 0 spiro atoms. The van der Waals surface area contributed by atoms with Crippen molar-refractivity contribution in [3.05, 3.63) is 18.2 Å². The van der Waals surface area contributed by atoms with Crippen LogP contribution in [0.4, 0.5) is 0 Å². The van der Waals surface area contributed by atoms with Crippen LogP contribution in [0.25, 0.3) is 0 Å². The lowest BCUT2D eigenvalue weighted by Gasteiger charge is -2.25. The van der Waals surface area contributed by atoms with Gasteiger partial charge in [-0.3, -0.25) is 4.79 Å². The molecule has 98 valence electrons. The second-order valence-corrected chi connectivity index (χ2v) is 5.30. The summed E-state index contributed by atoms with van der Waals surface area (Å²) in [6.45, 7) is 1.61. The second kappa shape index (κ2) is 4.72. The van der Waals surface area contributed by atoms with E-state index in [0.29, 0.717) is 12.6 Å². The summed E-state index contributed by atoms with van der Waals surface area (Å²) < 4.78 is 1.99. The van der Waals surface area contributed by atoms with Gasteiger partial charge < -0.3 is 14.8 Å². The van der Waals surface area contributed by atoms with Gasteiger partial charge in [-0.15, -0.1) is 0 Å². The predicted octanol–water partition coefficient (Wildman–Crippen LogP) is 0.663. The van der Waals surface area contributed by atoms with E-state index in [0.717, 1.165) is 38.1 Å². The van der Waals surface area contributed by atoms with Gasteiger partial charge in [0.05, 0.1) is 12.6 Å². The van der Waals surface area contributed by atoms with Crippen LogP contribution < -0.4 is 5.32 Å². The van der Waals surface area contributed by atoms with Crippen molar-refractivity contribution in [1.29, 1.82) is 0 Å². The fourth-order valence-electron chi connectivity index (χ4n) is 2.57. The summed E-state index contributed by atoms with van der Waals surface area (Å²) in [7, 11) is 1.98. The van der Waals surface area contributed by atoms with E-state index in [1.807, 2.05) is 22.7 Å². The number of nitrogens with zero attached hydrogens (tertiary/aromatic N) is 3. The summed E-state index contributed by atoms with van der Waals surface area (Å²) in [5.74, 6) is 1.23. The summed E-state index contributed by atoms with van der Waals surface area (Å²) in [6.07, 6.45) is 8.09. The molecule has 0 unspecified atom stereocenters. The van der Waals surface area contributed by atoms with Crippen LogP contribution in [0.5, 0.6) is 0 Å². The largest absolute Gasteiger partial charge is 0.337 e. The van der Waals surface area contributed by atoms with Crippen LogP contribution in [0.15, 0.2) is 12.4 Å². The minimum absolute atomic E-state index is 0.0332. The van der Waals surface area contributed by atoms with Crippen molar-refractivity contribution in [1.82, 2.24) is 19.8 Å². The third-order valence-corrected chi connectivity index (χ3v) is 3.86. The van der Waals surface area contributed by atoms with Gasteiger partial charge >= 0.3 is 0 Å². The fraction of sp³-hybridized carbons (Fsp3) is 0.692. The zero-order valence-corrected chi connectivity index (χ0v) is 10.8. The van der Waals surface area contributed by atoms with Gasteiger partial charge in [-0.25, -0.2) is 4.98 Å². The number of amides is 1. The summed E-state index contributed by atoms with van der Waals surface area (Å²) in [5, 5.41) is 3.30. The Labute approximate surface area is 107 Å². The maximum absolute atomic E-state index is 12.5. The van der Waals surface area contributed by atoms with Gasteiger partial charge in [0, 0.05) is 25.5 Å². The van der Waals surface area contributed by atoms with E-state index in [4.69, 9.17) is 0 Å². The molecule has 2 fully saturated rings. The highest BCUT2D eigenvalue weighted by atomic mass is 16.2. The normalized spacial score (nSPS) is 23.3. The van der Waals surface area contributed by atoms with Gasteiger partial charge in [0.1, 0.15) is 5.82 Å². The van der Waals surface area contributed by atoms with Crippen LogP contribution in [0.3, 0.4) is 0 Å². The molecule has 0 radical (unpaired) electrons. The molecule has 0 bridgehead atoms. The first-order valence-electron chi connectivity index (χ1n) is 6.76. The second-order valence-electron chi connectivity index (χ2n) is 5.30. The van der Waals surface area contributed by atoms with E-state index in [1.165, 1.54) is 0 Å². The number of hydrogen-bond acceptors (Lipinski definition) is 3. The molecule has 1 N–H and O–H groups in total. The molecule has 2 heterocycles. The summed E-state index contributed by atoms with van der Waals surface area (Å²) in [4.78, 5) is 18.8. The third kappa shape index (κ3) is 2.27. The zero-order chi connectivity index (χ0) is 12.5. The highest BCUT2D eigenvalue weighted by Crippen LogP contribution is 2.29. The van der Waals surface area contributed by atoms with E-state index in [1.54, 1.807) is 6.20 Å². The summed E-state index contributed by atoms with van der Waals surface area (Å²) >= 11 is 0. The quantitative estimate of drug-likeness (QED) is 0.851. The number of aromatic nitrogens is 2. The van der Waals surface area contributed by atoms with Crippen molar-refractivity contribution in [2.45, 2.75) is 44.3 Å². The lowest BCUT2D eigenvalue weighted by atomic mass is 10.2. The topological polar surface area (TPSA) is 50.2 Å². The molecule has 1 saturated heterocycles. The monoisotopic (exact) mass is 248 g/mol. The van der Waals surface area contributed by atoms with Gasteiger partial charge in [-0.05, 0) is 32.2 Å². The smallest absolute Gasteiger partial charge is 0.240 e. The van der Waals surface area contributed by atoms with Crippen LogP contribution >= 0.6 is 0 Å². The molecule has 5 nitrogen and oxygen atoms in total. The van der Waals surface area contributed by atoms with Crippen molar-refractivity contribution in [3.8, 4) is 0 Å². The lowest BCUT2D eigenvalue weighted by molar-refractivity contribution is -0.134. The van der Waals surface area contributed by atoms with Crippen LogP contribution in [0.2, 0.25) is 0 Å². The molecular formula is C13H20N4O. The minimum atomic E-state index is 0.0332. The molecule has 1 aromatic rings. The summed E-state index contributed by atoms with van der Waals surface area (Å²) in [6, 6.07) is 0.475. The molecule has 1 atom stereocenters. The highest BCUT2D eigenvalue weighted by molar-refractivity contribution is 5.82. The Morgan fingerprint density at radius 1 is 1.56 bits per heavy atom. The number of carbonyl (C=O) groups excluding carboxylic acids is 1. The van der Waals surface area contributed by atoms with E-state index >= 15 is 0 Å². The number of nitrogens with one attached hydrogen (secondary N) is 1. The van der Waals surface area contributed by atoms with Crippen LogP contribution in [-0.2, 0) is 18.4 Å². The SMILES string of the molecule is Cn1ccnc1CN(C(=O)[C@@H]1CCCN1)C1CC1. The average molecular weight is 248 g/mol. The Bertz CT molecular complexity index is 432. The molecule has 3 rings (SSSR count). The minimum Gasteiger partial charge on any atom is -0.337 e. The molecular weight excluding hydrogens is 228 g/mol. The molecule has 18 heavy (non-hydrogen) atoms. The van der Waals surface area contributed by atoms with Gasteiger partial charge in [0.15, 0.2) is 0 Å². The van der Waals surface area contributed by atoms with Crippen LogP contribution in [0, 0.1) is 0 Å². The van der Waals surface area contributed by atoms with E-state index < -0.39 is 0 Å². The highest BCUT2D eigenvalue weighted by Gasteiger charge is 2.37. The maximum Gasteiger partial charge on any atom is 0.240 e. The Morgan fingerprint density at radius 2 is 2.39 bits per heavy atom. The van der Waals surface area contributed by atoms with Crippen molar-refractivity contribution < 1.29 is 4.79 Å². The Morgan fingerprint density at radius 3 is 2.94 bits per heavy atom. The third-order valence-electron chi connectivity index (χ3n) is 3.86. The Kier molecular flexibility index (Phi) is 3.07. The number of imidazole rings is 1. The predicted molar refractivity (Wildman–Crippen MR) is 67.8 cm³/mol. The molecule has 1 aliphatic carbocycles. The average Bonchev–Trinajstić information content (AvgIpc) is 2.90. The van der Waals surface area contributed by atoms with Gasteiger partial charge in [-0.1, -0.05) is 0 Å². The van der Waals surface area contributed by atoms with Crippen molar-refractivity contribution in [3.63, 3.8) is 0 Å². The van der Waals surface area contributed by atoms with Crippen molar-refractivity contribution >= 4 is 5.91 Å². The molecule has 1 amide bonds. The molecule has 5 heteroatoms. The maximum atomic E-state index is 12.5. The Hall–Kier alpha value is -1.36. The van der Waals surface area contributed by atoms with Crippen molar-refractivity contribution in [2.24, 2.45) is 7.05 Å². The van der Waals surface area contributed by atoms with E-state index in [-0.39, 0.29) is 11.9 Å². The number of carbonyl (C=O) groups is 1. The molecule has 2 aliphatic rings. The number of aryl methyl sites for hydroxylation is 1. The zero-order valence-electron chi connectivity index (χ0n) is 10.8. The standard InChI is InChI=1S/C13H20N4O/c1-16-8-7-15-12(16)9-17(10-4-5-10)13(18)11-3-2-6-14-11/h7-8,10-11,14H,2-6,9H2,1H3/t11-/m0/s1. The van der Waals surface area contributed by atoms with Crippen LogP contribution in [0.1, 0.15) is 31.5 Å². The van der Waals surface area contributed by atoms with Gasteiger partial charge in [0.2, 0.25) is 5.91 Å². The van der Waals surface area contributed by atoms with E-state index in [9.17, 15) is 4.79 Å². The first-order chi connectivity index (χ1) is 8.75. The van der Waals surface area contributed by atoms with Crippen LogP contribution in [-0.4, -0.2) is 39.0 Å². The lowest BCUT2D eigenvalue weighted by Crippen LogP contribution is -2.44. The van der Waals surface area contributed by atoms with Gasteiger partial charge in [0.25, 0.3) is 0 Å². The first-order valence-corrected chi connectivity index (χ1v) is 6.76. The Balaban J connectivity index is 1.72. The van der Waals surface area contributed by atoms with Crippen molar-refractivity contribution in [2.75, 3.05) is 6.54 Å². The molecule has 1 aromatic heterocycles. The molecule has 0 aromatic carbocycles. The van der Waals surface area contributed by atoms with Gasteiger partial charge in [-0.2, -0.15) is 0 Å². The molecule has 1 saturated carbocycles. The fourth-order valence-corrected chi connectivity index (χ4v) is 2.57. The number of hydrogen-bond donors (Lipinski definition) is 1. The van der Waals surface area contributed by atoms with E-state index in [2.05, 4.69) is 10.3 Å². The first kappa shape index (κ1) is 11.7. The molecule has 1 aliphatic heterocycles. The summed E-state index contributed by atoms with van der Waals surface area (Å²) in [5.41, 5.74) is 0. The number of rotatable bonds is 4.